The summed E-state index contributed by atoms with van der Waals surface area (Å²) in [6.45, 7) is 0. The molecule has 0 saturated heterocycles. The predicted molar refractivity (Wildman–Crippen MR) is 73.6 cm³/mol. The number of fused-ring (bicyclic) bond motifs is 2. The topological polar surface area (TPSA) is 29.1 Å². The number of benzene rings is 1. The molecule has 2 bridgehead atoms. The van der Waals surface area contributed by atoms with Crippen molar-refractivity contribution >= 4 is 11.6 Å². The van der Waals surface area contributed by atoms with Gasteiger partial charge in [0, 0.05) is 12.1 Å². The summed E-state index contributed by atoms with van der Waals surface area (Å²) in [6, 6.07) is 4.60. The highest BCUT2D eigenvalue weighted by Gasteiger charge is 2.40. The van der Waals surface area contributed by atoms with Gasteiger partial charge in [-0.15, -0.1) is 0 Å². The average molecular weight is 297 g/mol. The van der Waals surface area contributed by atoms with Gasteiger partial charge in [-0.2, -0.15) is 13.2 Å². The monoisotopic (exact) mass is 297 g/mol. The quantitative estimate of drug-likeness (QED) is 0.876. The van der Waals surface area contributed by atoms with E-state index in [9.17, 15) is 18.0 Å². The molecule has 1 aromatic carbocycles. The van der Waals surface area contributed by atoms with E-state index in [0.717, 1.165) is 24.5 Å². The van der Waals surface area contributed by atoms with Crippen LogP contribution in [0.25, 0.3) is 0 Å². The normalized spacial score (nSPS) is 27.9. The maximum Gasteiger partial charge on any atom is 0.416 e. The molecule has 2 saturated carbocycles. The predicted octanol–water partition coefficient (Wildman–Crippen LogP) is 4.47. The summed E-state index contributed by atoms with van der Waals surface area (Å²) in [5.41, 5.74) is -0.273. The van der Waals surface area contributed by atoms with Gasteiger partial charge in [-0.05, 0) is 61.3 Å². The van der Waals surface area contributed by atoms with Gasteiger partial charge >= 0.3 is 6.18 Å². The third-order valence-corrected chi connectivity index (χ3v) is 4.83. The van der Waals surface area contributed by atoms with Crippen molar-refractivity contribution in [1.29, 1.82) is 0 Å². The van der Waals surface area contributed by atoms with Crippen LogP contribution in [0, 0.1) is 17.8 Å². The summed E-state index contributed by atoms with van der Waals surface area (Å²) >= 11 is 0. The first-order valence-corrected chi connectivity index (χ1v) is 7.39. The Morgan fingerprint density at radius 1 is 1.14 bits per heavy atom. The maximum atomic E-state index is 12.5. The van der Waals surface area contributed by atoms with E-state index in [0.29, 0.717) is 23.9 Å². The van der Waals surface area contributed by atoms with Crippen LogP contribution in [0.15, 0.2) is 24.3 Å². The van der Waals surface area contributed by atoms with E-state index in [1.165, 1.54) is 31.4 Å². The van der Waals surface area contributed by atoms with Crippen molar-refractivity contribution in [1.82, 2.24) is 0 Å². The molecule has 2 fully saturated rings. The first-order chi connectivity index (χ1) is 9.91. The van der Waals surface area contributed by atoms with Crippen LogP contribution in [0.4, 0.5) is 18.9 Å². The summed E-state index contributed by atoms with van der Waals surface area (Å²) in [5, 5.41) is 2.70. The Kier molecular flexibility index (Phi) is 3.68. The van der Waals surface area contributed by atoms with Crippen molar-refractivity contribution in [2.45, 2.75) is 38.3 Å². The summed E-state index contributed by atoms with van der Waals surface area (Å²) in [6.07, 6.45) is 1.04. The zero-order valence-corrected chi connectivity index (χ0v) is 11.6. The molecule has 1 N–H and O–H groups in total. The number of carbonyl (C=O) groups excluding carboxylic acids is 1. The van der Waals surface area contributed by atoms with Crippen LogP contribution >= 0.6 is 0 Å². The summed E-state index contributed by atoms with van der Waals surface area (Å²) in [7, 11) is 0. The van der Waals surface area contributed by atoms with Crippen LogP contribution in [0.5, 0.6) is 0 Å². The molecule has 0 heterocycles. The molecule has 21 heavy (non-hydrogen) atoms. The number of halogens is 3. The lowest BCUT2D eigenvalue weighted by Crippen LogP contribution is -2.20. The second kappa shape index (κ2) is 5.35. The second-order valence-electron chi connectivity index (χ2n) is 6.26. The molecule has 2 aliphatic carbocycles. The molecule has 1 aromatic rings. The van der Waals surface area contributed by atoms with Gasteiger partial charge in [0.2, 0.25) is 5.91 Å². The van der Waals surface area contributed by atoms with Gasteiger partial charge in [0.1, 0.15) is 0 Å². The highest BCUT2D eigenvalue weighted by atomic mass is 19.4. The van der Waals surface area contributed by atoms with E-state index in [1.54, 1.807) is 0 Å². The third-order valence-electron chi connectivity index (χ3n) is 4.83. The zero-order valence-electron chi connectivity index (χ0n) is 11.6. The smallest absolute Gasteiger partial charge is 0.326 e. The maximum absolute atomic E-state index is 12.5. The minimum atomic E-state index is -4.34. The van der Waals surface area contributed by atoms with Crippen LogP contribution in [0.2, 0.25) is 0 Å². The summed E-state index contributed by atoms with van der Waals surface area (Å²) in [5.74, 6) is 1.83. The van der Waals surface area contributed by atoms with Gasteiger partial charge in [0.15, 0.2) is 0 Å². The largest absolute Gasteiger partial charge is 0.416 e. The minimum absolute atomic E-state index is 0.0905. The van der Waals surface area contributed by atoms with Crippen LogP contribution in [0.1, 0.15) is 37.7 Å². The van der Waals surface area contributed by atoms with Crippen LogP contribution in [-0.4, -0.2) is 5.91 Å². The number of hydrogen-bond acceptors (Lipinski definition) is 1. The lowest BCUT2D eigenvalue weighted by Gasteiger charge is -2.20. The lowest BCUT2D eigenvalue weighted by molar-refractivity contribution is -0.137. The molecule has 0 radical (unpaired) electrons. The molecule has 5 heteroatoms. The molecule has 2 nitrogen and oxygen atoms in total. The molecule has 2 aliphatic rings. The van der Waals surface area contributed by atoms with Crippen molar-refractivity contribution in [2.75, 3.05) is 5.32 Å². The Bertz CT molecular complexity index is 523. The number of carbonyl (C=O) groups is 1. The van der Waals surface area contributed by atoms with E-state index in [2.05, 4.69) is 5.32 Å². The average Bonchev–Trinajstić information content (AvgIpc) is 3.00. The molecule has 0 spiro atoms. The number of hydrogen-bond donors (Lipinski definition) is 1. The molecular formula is C16H18F3NO. The number of amides is 1. The van der Waals surface area contributed by atoms with Crippen LogP contribution in [0.3, 0.4) is 0 Å². The Hall–Kier alpha value is -1.52. The second-order valence-corrected chi connectivity index (χ2v) is 6.26. The SMILES string of the molecule is O=C(C[C@H]1C[C@H]2CC[C@@H]1C2)Nc1ccc(C(F)(F)F)cc1. The molecular weight excluding hydrogens is 279 g/mol. The van der Waals surface area contributed by atoms with E-state index in [1.807, 2.05) is 0 Å². The molecule has 3 rings (SSSR count). The van der Waals surface area contributed by atoms with Crippen molar-refractivity contribution in [3.05, 3.63) is 29.8 Å². The Labute approximate surface area is 121 Å². The summed E-state index contributed by atoms with van der Waals surface area (Å²) in [4.78, 5) is 12.0. The van der Waals surface area contributed by atoms with Crippen molar-refractivity contribution < 1.29 is 18.0 Å². The standard InChI is InChI=1S/C16H18F3NO/c17-16(18,19)13-3-5-14(6-4-13)20-15(21)9-12-8-10-1-2-11(12)7-10/h3-6,10-12H,1-2,7-9H2,(H,20,21)/t10-,11+,12+/m0/s1. The number of nitrogens with one attached hydrogen (secondary N) is 1. The molecule has 0 unspecified atom stereocenters. The van der Waals surface area contributed by atoms with Gasteiger partial charge in [-0.1, -0.05) is 6.42 Å². The molecule has 114 valence electrons. The van der Waals surface area contributed by atoms with Crippen LogP contribution < -0.4 is 5.32 Å². The molecule has 3 atom stereocenters. The summed E-state index contributed by atoms with van der Waals surface area (Å²) < 4.78 is 37.4. The number of alkyl halides is 3. The Balaban J connectivity index is 1.55. The third kappa shape index (κ3) is 3.22. The zero-order chi connectivity index (χ0) is 15.0. The van der Waals surface area contributed by atoms with Gasteiger partial charge in [-0.25, -0.2) is 0 Å². The Morgan fingerprint density at radius 2 is 1.86 bits per heavy atom. The van der Waals surface area contributed by atoms with E-state index in [4.69, 9.17) is 0 Å². The highest BCUT2D eigenvalue weighted by molar-refractivity contribution is 5.90. The lowest BCUT2D eigenvalue weighted by atomic mass is 9.86. The fourth-order valence-electron chi connectivity index (χ4n) is 3.82. The minimum Gasteiger partial charge on any atom is -0.326 e. The van der Waals surface area contributed by atoms with Crippen molar-refractivity contribution in [3.63, 3.8) is 0 Å². The molecule has 0 aromatic heterocycles. The van der Waals surface area contributed by atoms with Gasteiger partial charge in [0.25, 0.3) is 0 Å². The number of rotatable bonds is 3. The van der Waals surface area contributed by atoms with E-state index in [-0.39, 0.29) is 5.91 Å². The fraction of sp³-hybridized carbons (Fsp3) is 0.562. The highest BCUT2D eigenvalue weighted by Crippen LogP contribution is 2.49. The number of anilines is 1. The van der Waals surface area contributed by atoms with E-state index >= 15 is 0 Å². The molecule has 0 aliphatic heterocycles. The van der Waals surface area contributed by atoms with E-state index < -0.39 is 11.7 Å². The van der Waals surface area contributed by atoms with Crippen molar-refractivity contribution in [3.8, 4) is 0 Å². The van der Waals surface area contributed by atoms with Gasteiger partial charge < -0.3 is 5.32 Å². The van der Waals surface area contributed by atoms with Crippen LogP contribution in [-0.2, 0) is 11.0 Å². The van der Waals surface area contributed by atoms with Gasteiger partial charge in [-0.3, -0.25) is 4.79 Å². The first-order valence-electron chi connectivity index (χ1n) is 7.39. The molecule has 1 amide bonds. The Morgan fingerprint density at radius 3 is 2.38 bits per heavy atom. The van der Waals surface area contributed by atoms with Crippen molar-refractivity contribution in [2.24, 2.45) is 17.8 Å². The first kappa shape index (κ1) is 14.4. The van der Waals surface area contributed by atoms with Gasteiger partial charge in [0.05, 0.1) is 5.56 Å². The fourth-order valence-corrected chi connectivity index (χ4v) is 3.82.